The van der Waals surface area contributed by atoms with E-state index in [1.54, 1.807) is 0 Å². The van der Waals surface area contributed by atoms with Gasteiger partial charge in [-0.1, -0.05) is 12.8 Å². The highest BCUT2D eigenvalue weighted by atomic mass is 35.7. The van der Waals surface area contributed by atoms with Crippen LogP contribution in [0.15, 0.2) is 0 Å². The van der Waals surface area contributed by atoms with Gasteiger partial charge < -0.3 is 9.47 Å². The number of rotatable bonds is 9. The predicted molar refractivity (Wildman–Crippen MR) is 58.6 cm³/mol. The number of hydrogen-bond donors (Lipinski definition) is 0. The lowest BCUT2D eigenvalue weighted by Crippen LogP contribution is -2.11. The van der Waals surface area contributed by atoms with Gasteiger partial charge in [0, 0.05) is 17.3 Å². The first-order valence-corrected chi connectivity index (χ1v) is 7.63. The second-order valence-corrected chi connectivity index (χ2v) is 6.60. The molecule has 0 aliphatic heterocycles. The summed E-state index contributed by atoms with van der Waals surface area (Å²) in [6.45, 7) is 1.87. The number of halogens is 1. The molecule has 0 aromatic carbocycles. The molecule has 1 aliphatic rings. The molecule has 0 heterocycles. The summed E-state index contributed by atoms with van der Waals surface area (Å²) in [7, 11) is 1.58. The normalized spacial score (nSPS) is 16.9. The second kappa shape index (κ2) is 6.68. The van der Waals surface area contributed by atoms with Crippen LogP contribution in [0.4, 0.5) is 0 Å². The summed E-state index contributed by atoms with van der Waals surface area (Å²) in [5, 5.41) is 0. The summed E-state index contributed by atoms with van der Waals surface area (Å²) in [6.07, 6.45) is 3.82. The average Bonchev–Trinajstić information content (AvgIpc) is 2.91. The molecular weight excluding hydrogens is 240 g/mol. The molecule has 90 valence electrons. The lowest BCUT2D eigenvalue weighted by atomic mass is 10.3. The van der Waals surface area contributed by atoms with Crippen LogP contribution in [0.3, 0.4) is 0 Å². The zero-order chi connectivity index (χ0) is 11.1. The summed E-state index contributed by atoms with van der Waals surface area (Å²) >= 11 is 0. The van der Waals surface area contributed by atoms with E-state index in [-0.39, 0.29) is 12.4 Å². The molecule has 0 spiro atoms. The molecule has 1 aliphatic carbocycles. The molecule has 0 bridgehead atoms. The van der Waals surface area contributed by atoms with Crippen LogP contribution < -0.4 is 0 Å². The van der Waals surface area contributed by atoms with Gasteiger partial charge in [-0.05, 0) is 12.3 Å². The molecular formula is C9H17ClO4S. The minimum absolute atomic E-state index is 0.137. The zero-order valence-electron chi connectivity index (χ0n) is 8.65. The molecule has 4 nitrogen and oxygen atoms in total. The Morgan fingerprint density at radius 3 is 2.20 bits per heavy atom. The summed E-state index contributed by atoms with van der Waals surface area (Å²) < 4.78 is 31.4. The van der Waals surface area contributed by atoms with Crippen molar-refractivity contribution in [2.45, 2.75) is 19.3 Å². The molecule has 0 aromatic heterocycles. The summed E-state index contributed by atoms with van der Waals surface area (Å²) in [5.74, 6) is 0.740. The van der Waals surface area contributed by atoms with E-state index in [2.05, 4.69) is 0 Å². The van der Waals surface area contributed by atoms with Crippen molar-refractivity contribution >= 4 is 19.7 Å². The van der Waals surface area contributed by atoms with E-state index in [0.29, 0.717) is 13.2 Å². The van der Waals surface area contributed by atoms with E-state index in [0.717, 1.165) is 18.9 Å². The highest BCUT2D eigenvalue weighted by molar-refractivity contribution is 8.13. The monoisotopic (exact) mass is 256 g/mol. The molecule has 0 amide bonds. The molecule has 0 saturated heterocycles. The third-order valence-electron chi connectivity index (χ3n) is 2.21. The molecule has 1 fully saturated rings. The lowest BCUT2D eigenvalue weighted by molar-refractivity contribution is 0.0512. The van der Waals surface area contributed by atoms with Gasteiger partial charge in [0.1, 0.15) is 0 Å². The van der Waals surface area contributed by atoms with Crippen molar-refractivity contribution < 1.29 is 17.9 Å². The first-order valence-electron chi connectivity index (χ1n) is 5.16. The van der Waals surface area contributed by atoms with Crippen LogP contribution in [-0.2, 0) is 18.5 Å². The molecule has 0 unspecified atom stereocenters. The van der Waals surface area contributed by atoms with Gasteiger partial charge >= 0.3 is 0 Å². The Hall–Kier alpha value is 0.160. The van der Waals surface area contributed by atoms with Gasteiger partial charge in [0.15, 0.2) is 0 Å². The van der Waals surface area contributed by atoms with Gasteiger partial charge in [0.2, 0.25) is 9.05 Å². The van der Waals surface area contributed by atoms with Gasteiger partial charge in [-0.15, -0.1) is 0 Å². The van der Waals surface area contributed by atoms with Crippen LogP contribution in [0.2, 0.25) is 0 Å². The smallest absolute Gasteiger partial charge is 0.234 e. The summed E-state index contributed by atoms with van der Waals surface area (Å²) in [5.41, 5.74) is 0. The summed E-state index contributed by atoms with van der Waals surface area (Å²) in [6, 6.07) is 0. The topological polar surface area (TPSA) is 52.6 Å². The molecule has 1 saturated carbocycles. The maximum atomic E-state index is 10.5. The Labute approximate surface area is 95.3 Å². The Morgan fingerprint density at radius 1 is 1.07 bits per heavy atom. The lowest BCUT2D eigenvalue weighted by Gasteiger charge is -2.04. The van der Waals surface area contributed by atoms with E-state index in [4.69, 9.17) is 20.2 Å². The highest BCUT2D eigenvalue weighted by Crippen LogP contribution is 2.31. The van der Waals surface area contributed by atoms with Crippen molar-refractivity contribution in [3.05, 3.63) is 0 Å². The Balaban J connectivity index is 1.76. The fraction of sp³-hybridized carbons (Fsp3) is 1.00. The van der Waals surface area contributed by atoms with Gasteiger partial charge in [0.05, 0.1) is 25.6 Å². The maximum absolute atomic E-state index is 10.5. The van der Waals surface area contributed by atoms with Gasteiger partial charge in [-0.3, -0.25) is 0 Å². The van der Waals surface area contributed by atoms with Crippen LogP contribution >= 0.6 is 10.7 Å². The Kier molecular flexibility index (Phi) is 5.89. The van der Waals surface area contributed by atoms with Gasteiger partial charge in [0.25, 0.3) is 0 Å². The Bertz CT molecular complexity index is 261. The first kappa shape index (κ1) is 13.2. The average molecular weight is 257 g/mol. The minimum Gasteiger partial charge on any atom is -0.379 e. The quantitative estimate of drug-likeness (QED) is 0.462. The predicted octanol–water partition coefficient (Wildman–Crippen LogP) is 1.39. The van der Waals surface area contributed by atoms with E-state index < -0.39 is 9.05 Å². The van der Waals surface area contributed by atoms with Crippen LogP contribution in [0.5, 0.6) is 0 Å². The molecule has 0 aromatic rings. The summed E-state index contributed by atoms with van der Waals surface area (Å²) in [4.78, 5) is 0. The van der Waals surface area contributed by atoms with Crippen molar-refractivity contribution in [1.82, 2.24) is 0 Å². The largest absolute Gasteiger partial charge is 0.379 e. The van der Waals surface area contributed by atoms with Crippen molar-refractivity contribution in [3.8, 4) is 0 Å². The standard InChI is InChI=1S/C9H17ClO4S/c10-15(11,12)8-7-14-6-5-13-4-3-9-1-2-9/h9H,1-8H2. The van der Waals surface area contributed by atoms with Crippen LogP contribution in [-0.4, -0.2) is 40.6 Å². The SMILES string of the molecule is O=S(=O)(Cl)CCOCCOCCC1CC1. The fourth-order valence-corrected chi connectivity index (χ4v) is 1.64. The van der Waals surface area contributed by atoms with E-state index >= 15 is 0 Å². The molecule has 15 heavy (non-hydrogen) atoms. The molecule has 0 N–H and O–H groups in total. The van der Waals surface area contributed by atoms with E-state index in [1.165, 1.54) is 12.8 Å². The first-order chi connectivity index (χ1) is 7.08. The van der Waals surface area contributed by atoms with Crippen LogP contribution in [0.1, 0.15) is 19.3 Å². The van der Waals surface area contributed by atoms with Crippen molar-refractivity contribution in [3.63, 3.8) is 0 Å². The molecule has 1 rings (SSSR count). The minimum atomic E-state index is -3.42. The fourth-order valence-electron chi connectivity index (χ4n) is 1.14. The number of hydrogen-bond acceptors (Lipinski definition) is 4. The van der Waals surface area contributed by atoms with Crippen LogP contribution in [0, 0.1) is 5.92 Å². The molecule has 0 atom stereocenters. The zero-order valence-corrected chi connectivity index (χ0v) is 10.2. The van der Waals surface area contributed by atoms with Crippen molar-refractivity contribution in [2.75, 3.05) is 32.2 Å². The van der Waals surface area contributed by atoms with Crippen LogP contribution in [0.25, 0.3) is 0 Å². The van der Waals surface area contributed by atoms with E-state index in [1.807, 2.05) is 0 Å². The third-order valence-corrected chi connectivity index (χ3v) is 3.33. The molecule has 6 heteroatoms. The molecule has 0 radical (unpaired) electrons. The van der Waals surface area contributed by atoms with Gasteiger partial charge in [-0.25, -0.2) is 8.42 Å². The third kappa shape index (κ3) is 9.11. The van der Waals surface area contributed by atoms with Crippen molar-refractivity contribution in [1.29, 1.82) is 0 Å². The second-order valence-electron chi connectivity index (χ2n) is 3.70. The Morgan fingerprint density at radius 2 is 1.67 bits per heavy atom. The highest BCUT2D eigenvalue weighted by Gasteiger charge is 2.20. The van der Waals surface area contributed by atoms with Crippen molar-refractivity contribution in [2.24, 2.45) is 5.92 Å². The number of ether oxygens (including phenoxy) is 2. The van der Waals surface area contributed by atoms with E-state index in [9.17, 15) is 8.42 Å². The van der Waals surface area contributed by atoms with Gasteiger partial charge in [-0.2, -0.15) is 0 Å². The maximum Gasteiger partial charge on any atom is 0.234 e.